The number of methoxy groups -OCH3 is 1. The molecule has 3 aromatic rings. The SMILES string of the molecule is COc1ccc(C2/C(=C(/O)c3ccc4c(c3)CCCC4)C(=O)C(=O)N2Cc2cccnc2)cc1. The third-order valence-electron chi connectivity index (χ3n) is 6.67. The van der Waals surface area contributed by atoms with Crippen molar-refractivity contribution in [2.75, 3.05) is 7.11 Å². The molecule has 1 saturated heterocycles. The standard InChI is InChI=1S/C28H26N2O4/c1-34-23-12-10-20(11-13-23)25-24(26(31)22-9-8-19-6-2-3-7-21(19)15-22)27(32)28(33)30(25)17-18-5-4-14-29-16-18/h4-5,8-16,25,31H,2-3,6-7,17H2,1H3/b26-24-. The smallest absolute Gasteiger partial charge is 0.295 e. The number of benzene rings is 2. The van der Waals surface area contributed by atoms with E-state index in [0.29, 0.717) is 11.3 Å². The summed E-state index contributed by atoms with van der Waals surface area (Å²) in [6.07, 6.45) is 7.59. The molecular formula is C28H26N2O4. The van der Waals surface area contributed by atoms with E-state index in [1.807, 2.05) is 36.4 Å². The second-order valence-electron chi connectivity index (χ2n) is 8.75. The van der Waals surface area contributed by atoms with E-state index in [4.69, 9.17) is 4.74 Å². The van der Waals surface area contributed by atoms with Crippen molar-refractivity contribution < 1.29 is 19.4 Å². The molecule has 0 radical (unpaired) electrons. The number of rotatable bonds is 5. The highest BCUT2D eigenvalue weighted by molar-refractivity contribution is 6.46. The minimum absolute atomic E-state index is 0.106. The molecule has 1 amide bonds. The van der Waals surface area contributed by atoms with Crippen molar-refractivity contribution in [3.8, 4) is 5.75 Å². The molecule has 0 bridgehead atoms. The first kappa shape index (κ1) is 21.9. The molecule has 0 spiro atoms. The predicted octanol–water partition coefficient (Wildman–Crippen LogP) is 4.59. The highest BCUT2D eigenvalue weighted by atomic mass is 16.5. The van der Waals surface area contributed by atoms with Crippen molar-refractivity contribution in [3.63, 3.8) is 0 Å². The van der Waals surface area contributed by atoms with E-state index in [2.05, 4.69) is 4.98 Å². The lowest BCUT2D eigenvalue weighted by atomic mass is 9.88. The fourth-order valence-electron chi connectivity index (χ4n) is 4.90. The van der Waals surface area contributed by atoms with Crippen molar-refractivity contribution in [1.82, 2.24) is 9.88 Å². The number of aliphatic hydroxyl groups is 1. The molecular weight excluding hydrogens is 428 g/mol. The average molecular weight is 455 g/mol. The van der Waals surface area contributed by atoms with Crippen LogP contribution in [0, 0.1) is 0 Å². The van der Waals surface area contributed by atoms with Crippen LogP contribution in [0.1, 0.15) is 46.7 Å². The second-order valence-corrected chi connectivity index (χ2v) is 8.75. The summed E-state index contributed by atoms with van der Waals surface area (Å²) in [5, 5.41) is 11.4. The van der Waals surface area contributed by atoms with E-state index in [9.17, 15) is 14.7 Å². The van der Waals surface area contributed by atoms with Gasteiger partial charge in [0, 0.05) is 24.5 Å². The average Bonchev–Trinajstić information content (AvgIpc) is 3.13. The van der Waals surface area contributed by atoms with E-state index in [1.54, 1.807) is 37.7 Å². The molecule has 0 saturated carbocycles. The van der Waals surface area contributed by atoms with Crippen molar-refractivity contribution in [1.29, 1.82) is 0 Å². The highest BCUT2D eigenvalue weighted by Gasteiger charge is 2.46. The van der Waals surface area contributed by atoms with Crippen LogP contribution in [0.2, 0.25) is 0 Å². The van der Waals surface area contributed by atoms with Crippen LogP contribution in [0.4, 0.5) is 0 Å². The molecule has 1 atom stereocenters. The van der Waals surface area contributed by atoms with Crippen LogP contribution < -0.4 is 4.74 Å². The Bertz CT molecular complexity index is 1270. The van der Waals surface area contributed by atoms with E-state index in [1.165, 1.54) is 16.0 Å². The van der Waals surface area contributed by atoms with E-state index in [-0.39, 0.29) is 17.9 Å². The number of aryl methyl sites for hydroxylation is 2. The summed E-state index contributed by atoms with van der Waals surface area (Å²) in [6, 6.07) is 16.0. The number of hydrogen-bond acceptors (Lipinski definition) is 5. The summed E-state index contributed by atoms with van der Waals surface area (Å²) in [6.45, 7) is 0.204. The molecule has 1 aliphatic carbocycles. The Morgan fingerprint density at radius 1 is 1.06 bits per heavy atom. The Kier molecular flexibility index (Phi) is 5.88. The van der Waals surface area contributed by atoms with Gasteiger partial charge in [-0.3, -0.25) is 14.6 Å². The predicted molar refractivity (Wildman–Crippen MR) is 128 cm³/mol. The van der Waals surface area contributed by atoms with Crippen molar-refractivity contribution in [2.24, 2.45) is 0 Å². The van der Waals surface area contributed by atoms with Crippen LogP contribution in [0.3, 0.4) is 0 Å². The topological polar surface area (TPSA) is 79.7 Å². The van der Waals surface area contributed by atoms with Crippen LogP contribution >= 0.6 is 0 Å². The first-order chi connectivity index (χ1) is 16.6. The van der Waals surface area contributed by atoms with Crippen molar-refractivity contribution in [3.05, 3.63) is 100 Å². The zero-order valence-corrected chi connectivity index (χ0v) is 19.0. The molecule has 5 rings (SSSR count). The zero-order valence-electron chi connectivity index (χ0n) is 19.0. The maximum Gasteiger partial charge on any atom is 0.295 e. The third kappa shape index (κ3) is 3.96. The Balaban J connectivity index is 1.62. The quantitative estimate of drug-likeness (QED) is 0.347. The Morgan fingerprint density at radius 3 is 2.53 bits per heavy atom. The minimum atomic E-state index is -0.720. The lowest BCUT2D eigenvalue weighted by molar-refractivity contribution is -0.140. The molecule has 2 aliphatic rings. The Hall–Kier alpha value is -3.93. The molecule has 172 valence electrons. The fourth-order valence-corrected chi connectivity index (χ4v) is 4.90. The molecule has 1 unspecified atom stereocenters. The number of aromatic nitrogens is 1. The number of ether oxygens (including phenoxy) is 1. The normalized spacial score (nSPS) is 19.2. The van der Waals surface area contributed by atoms with Gasteiger partial charge in [-0.25, -0.2) is 0 Å². The summed E-state index contributed by atoms with van der Waals surface area (Å²) < 4.78 is 5.28. The van der Waals surface area contributed by atoms with Crippen LogP contribution in [-0.2, 0) is 29.0 Å². The van der Waals surface area contributed by atoms with Gasteiger partial charge in [0.05, 0.1) is 18.7 Å². The Morgan fingerprint density at radius 2 is 1.82 bits per heavy atom. The van der Waals surface area contributed by atoms with Gasteiger partial charge in [0.25, 0.3) is 11.7 Å². The highest BCUT2D eigenvalue weighted by Crippen LogP contribution is 2.41. The third-order valence-corrected chi connectivity index (χ3v) is 6.67. The summed E-state index contributed by atoms with van der Waals surface area (Å²) in [7, 11) is 1.58. The van der Waals surface area contributed by atoms with Gasteiger partial charge in [-0.1, -0.05) is 30.3 Å². The maximum absolute atomic E-state index is 13.3. The first-order valence-electron chi connectivity index (χ1n) is 11.5. The van der Waals surface area contributed by atoms with Gasteiger partial charge in [0.2, 0.25) is 0 Å². The largest absolute Gasteiger partial charge is 0.507 e. The molecule has 2 aromatic carbocycles. The van der Waals surface area contributed by atoms with E-state index in [0.717, 1.165) is 36.8 Å². The number of hydrogen-bond donors (Lipinski definition) is 1. The van der Waals surface area contributed by atoms with Gasteiger partial charge in [-0.05, 0) is 72.2 Å². The number of carbonyl (C=O) groups excluding carboxylic acids is 2. The molecule has 6 heteroatoms. The second kappa shape index (κ2) is 9.14. The minimum Gasteiger partial charge on any atom is -0.507 e. The van der Waals surface area contributed by atoms with Crippen LogP contribution in [0.25, 0.3) is 5.76 Å². The molecule has 6 nitrogen and oxygen atoms in total. The van der Waals surface area contributed by atoms with Crippen molar-refractivity contribution >= 4 is 17.4 Å². The Labute approximate surface area is 198 Å². The fraction of sp³-hybridized carbons (Fsp3) is 0.250. The summed E-state index contributed by atoms with van der Waals surface area (Å²) >= 11 is 0. The molecule has 2 heterocycles. The monoisotopic (exact) mass is 454 g/mol. The van der Waals surface area contributed by atoms with Gasteiger partial charge < -0.3 is 14.7 Å². The first-order valence-corrected chi connectivity index (χ1v) is 11.5. The molecule has 34 heavy (non-hydrogen) atoms. The number of Topliss-reactive ketones (excluding diaryl/α,β-unsaturated/α-hetero) is 1. The number of nitrogens with zero attached hydrogens (tertiary/aromatic N) is 2. The number of pyridine rings is 1. The zero-order chi connectivity index (χ0) is 23.7. The molecule has 1 aliphatic heterocycles. The van der Waals surface area contributed by atoms with Gasteiger partial charge in [-0.15, -0.1) is 0 Å². The number of ketones is 1. The lowest BCUT2D eigenvalue weighted by Crippen LogP contribution is -2.29. The molecule has 1 N–H and O–H groups in total. The van der Waals surface area contributed by atoms with Crippen LogP contribution in [0.5, 0.6) is 5.75 Å². The van der Waals surface area contributed by atoms with E-state index < -0.39 is 17.7 Å². The summed E-state index contributed by atoms with van der Waals surface area (Å²) in [5.41, 5.74) is 4.68. The van der Waals surface area contributed by atoms with Gasteiger partial charge in [0.1, 0.15) is 11.5 Å². The van der Waals surface area contributed by atoms with Gasteiger partial charge >= 0.3 is 0 Å². The maximum atomic E-state index is 13.3. The molecule has 1 fully saturated rings. The van der Waals surface area contributed by atoms with E-state index >= 15 is 0 Å². The number of amides is 1. The molecule has 1 aromatic heterocycles. The number of carbonyl (C=O) groups is 2. The number of aliphatic hydroxyl groups excluding tert-OH is 1. The lowest BCUT2D eigenvalue weighted by Gasteiger charge is -2.25. The number of likely N-dealkylation sites (tertiary alicyclic amines) is 1. The summed E-state index contributed by atoms with van der Waals surface area (Å²) in [5.74, 6) is -0.784. The number of fused-ring (bicyclic) bond motifs is 1. The van der Waals surface area contributed by atoms with Gasteiger partial charge in [0.15, 0.2) is 0 Å². The van der Waals surface area contributed by atoms with Crippen LogP contribution in [-0.4, -0.2) is 33.8 Å². The van der Waals surface area contributed by atoms with Crippen LogP contribution in [0.15, 0.2) is 72.6 Å². The van der Waals surface area contributed by atoms with Crippen molar-refractivity contribution in [2.45, 2.75) is 38.3 Å². The summed E-state index contributed by atoms with van der Waals surface area (Å²) in [4.78, 5) is 32.1. The van der Waals surface area contributed by atoms with Gasteiger partial charge in [-0.2, -0.15) is 0 Å².